The Kier molecular flexibility index (Phi) is 3.63. The zero-order valence-corrected chi connectivity index (χ0v) is 9.29. The Hall–Kier alpha value is -0.900. The molecule has 0 amide bonds. The average Bonchev–Trinajstić information content (AvgIpc) is 2.16. The lowest BCUT2D eigenvalue weighted by atomic mass is 10.2. The summed E-state index contributed by atoms with van der Waals surface area (Å²) in [4.78, 5) is 3.84. The highest BCUT2D eigenvalue weighted by Gasteiger charge is 2.15. The third-order valence-corrected chi connectivity index (χ3v) is 3.57. The van der Waals surface area contributed by atoms with E-state index in [4.69, 9.17) is 0 Å². The second kappa shape index (κ2) is 4.55. The van der Waals surface area contributed by atoms with E-state index in [2.05, 4.69) is 4.98 Å². The third kappa shape index (κ3) is 3.10. The summed E-state index contributed by atoms with van der Waals surface area (Å²) in [7, 11) is -3.17. The molecule has 0 aliphatic rings. The van der Waals surface area contributed by atoms with Crippen LogP contribution in [-0.4, -0.2) is 19.2 Å². The van der Waals surface area contributed by atoms with Gasteiger partial charge in [0.1, 0.15) is 0 Å². The Morgan fingerprint density at radius 2 is 2.07 bits per heavy atom. The van der Waals surface area contributed by atoms with Gasteiger partial charge in [-0.15, -0.1) is 0 Å². The topological polar surface area (TPSA) is 47.0 Å². The van der Waals surface area contributed by atoms with Crippen molar-refractivity contribution in [2.24, 2.45) is 5.92 Å². The minimum atomic E-state index is -3.17. The molecule has 0 spiro atoms. The minimum Gasteiger partial charge on any atom is -0.245 e. The number of rotatable bonds is 4. The van der Waals surface area contributed by atoms with Crippen molar-refractivity contribution in [3.8, 4) is 0 Å². The number of hydrogen-bond acceptors (Lipinski definition) is 3. The summed E-state index contributed by atoms with van der Waals surface area (Å²) in [6.45, 7) is 4.02. The molecular formula is C10H15NO2S. The molecule has 1 heterocycles. The molecule has 0 aliphatic heterocycles. The molecule has 14 heavy (non-hydrogen) atoms. The maximum Gasteiger partial charge on any atom is 0.195 e. The van der Waals surface area contributed by atoms with Crippen LogP contribution in [0.4, 0.5) is 0 Å². The van der Waals surface area contributed by atoms with E-state index in [1.165, 1.54) is 12.3 Å². The molecule has 78 valence electrons. The van der Waals surface area contributed by atoms with Crippen molar-refractivity contribution in [1.82, 2.24) is 4.98 Å². The van der Waals surface area contributed by atoms with Crippen LogP contribution in [0.3, 0.4) is 0 Å². The van der Waals surface area contributed by atoms with Gasteiger partial charge in [-0.3, -0.25) is 0 Å². The minimum absolute atomic E-state index is 0.181. The summed E-state index contributed by atoms with van der Waals surface area (Å²) in [5.74, 6) is 0.579. The quantitative estimate of drug-likeness (QED) is 0.767. The molecule has 1 rings (SSSR count). The highest BCUT2D eigenvalue weighted by atomic mass is 32.2. The number of pyridine rings is 1. The Bertz CT molecular complexity index is 370. The highest BCUT2D eigenvalue weighted by molar-refractivity contribution is 7.91. The lowest BCUT2D eigenvalue weighted by molar-refractivity contribution is 0.571. The maximum atomic E-state index is 11.7. The Labute approximate surface area is 85.1 Å². The summed E-state index contributed by atoms with van der Waals surface area (Å²) < 4.78 is 23.3. The molecule has 1 aromatic heterocycles. The van der Waals surface area contributed by atoms with Crippen molar-refractivity contribution in [3.63, 3.8) is 0 Å². The van der Waals surface area contributed by atoms with Crippen LogP contribution in [0.1, 0.15) is 20.3 Å². The Balaban J connectivity index is 2.77. The van der Waals surface area contributed by atoms with Gasteiger partial charge in [0.15, 0.2) is 14.9 Å². The van der Waals surface area contributed by atoms with Gasteiger partial charge in [0.25, 0.3) is 0 Å². The lowest BCUT2D eigenvalue weighted by Gasteiger charge is -2.05. The van der Waals surface area contributed by atoms with E-state index < -0.39 is 9.84 Å². The fourth-order valence-corrected chi connectivity index (χ4v) is 2.52. The van der Waals surface area contributed by atoms with E-state index in [1.807, 2.05) is 13.8 Å². The third-order valence-electron chi connectivity index (χ3n) is 1.92. The van der Waals surface area contributed by atoms with Gasteiger partial charge in [0.2, 0.25) is 0 Å². The van der Waals surface area contributed by atoms with Gasteiger partial charge in [-0.25, -0.2) is 13.4 Å². The number of aromatic nitrogens is 1. The second-order valence-electron chi connectivity index (χ2n) is 3.67. The maximum absolute atomic E-state index is 11.7. The van der Waals surface area contributed by atoms with Gasteiger partial charge in [-0.1, -0.05) is 19.9 Å². The monoisotopic (exact) mass is 213 g/mol. The molecule has 0 saturated carbocycles. The first kappa shape index (κ1) is 11.2. The zero-order chi connectivity index (χ0) is 10.6. The molecule has 4 heteroatoms. The lowest BCUT2D eigenvalue weighted by Crippen LogP contribution is -2.10. The van der Waals surface area contributed by atoms with Crippen LogP contribution < -0.4 is 0 Å². The van der Waals surface area contributed by atoms with E-state index in [0.717, 1.165) is 0 Å². The fourth-order valence-electron chi connectivity index (χ4n) is 1.03. The first-order valence-electron chi connectivity index (χ1n) is 4.66. The van der Waals surface area contributed by atoms with Crippen molar-refractivity contribution in [2.75, 3.05) is 5.75 Å². The normalized spacial score (nSPS) is 11.9. The van der Waals surface area contributed by atoms with Gasteiger partial charge in [-0.2, -0.15) is 0 Å². The summed E-state index contributed by atoms with van der Waals surface area (Å²) in [5.41, 5.74) is 0. The highest BCUT2D eigenvalue weighted by Crippen LogP contribution is 2.10. The zero-order valence-electron chi connectivity index (χ0n) is 8.47. The van der Waals surface area contributed by atoms with Crippen LogP contribution in [-0.2, 0) is 9.84 Å². The molecule has 0 radical (unpaired) electrons. The van der Waals surface area contributed by atoms with E-state index in [0.29, 0.717) is 12.3 Å². The van der Waals surface area contributed by atoms with Crippen molar-refractivity contribution in [2.45, 2.75) is 25.3 Å². The molecule has 0 atom stereocenters. The summed E-state index contributed by atoms with van der Waals surface area (Å²) in [5, 5.41) is 0.181. The molecule has 0 aromatic carbocycles. The number of nitrogens with zero attached hydrogens (tertiary/aromatic N) is 1. The first-order chi connectivity index (χ1) is 6.52. The van der Waals surface area contributed by atoms with Crippen LogP contribution >= 0.6 is 0 Å². The van der Waals surface area contributed by atoms with Crippen LogP contribution in [0.2, 0.25) is 0 Å². The predicted octanol–water partition coefficient (Wildman–Crippen LogP) is 1.90. The van der Waals surface area contributed by atoms with E-state index in [9.17, 15) is 8.42 Å². The molecule has 0 saturated heterocycles. The van der Waals surface area contributed by atoms with Crippen LogP contribution in [0, 0.1) is 5.92 Å². The fraction of sp³-hybridized carbons (Fsp3) is 0.500. The molecule has 0 fully saturated rings. The summed E-state index contributed by atoms with van der Waals surface area (Å²) >= 11 is 0. The molecule has 0 aliphatic carbocycles. The van der Waals surface area contributed by atoms with Crippen molar-refractivity contribution in [3.05, 3.63) is 24.4 Å². The van der Waals surface area contributed by atoms with E-state index in [1.54, 1.807) is 12.1 Å². The van der Waals surface area contributed by atoms with Crippen molar-refractivity contribution >= 4 is 9.84 Å². The van der Waals surface area contributed by atoms with Crippen LogP contribution in [0.25, 0.3) is 0 Å². The standard InChI is InChI=1S/C10H15NO2S/c1-9(2)6-8-14(12,13)10-5-3-4-7-11-10/h3-5,7,9H,6,8H2,1-2H3. The van der Waals surface area contributed by atoms with Gasteiger partial charge in [-0.05, 0) is 24.5 Å². The Morgan fingerprint density at radius 3 is 2.57 bits per heavy atom. The number of hydrogen-bond donors (Lipinski definition) is 0. The molecule has 0 bridgehead atoms. The van der Waals surface area contributed by atoms with Crippen LogP contribution in [0.15, 0.2) is 29.4 Å². The molecule has 0 unspecified atom stereocenters. The number of sulfone groups is 1. The molecule has 3 nitrogen and oxygen atoms in total. The van der Waals surface area contributed by atoms with Gasteiger partial charge in [0, 0.05) is 6.20 Å². The first-order valence-corrected chi connectivity index (χ1v) is 6.31. The summed E-state index contributed by atoms with van der Waals surface area (Å²) in [6, 6.07) is 4.94. The van der Waals surface area contributed by atoms with Gasteiger partial charge < -0.3 is 0 Å². The molecular weight excluding hydrogens is 198 g/mol. The molecule has 1 aromatic rings. The Morgan fingerprint density at radius 1 is 1.36 bits per heavy atom. The van der Waals surface area contributed by atoms with Crippen molar-refractivity contribution in [1.29, 1.82) is 0 Å². The smallest absolute Gasteiger partial charge is 0.195 e. The van der Waals surface area contributed by atoms with Gasteiger partial charge in [0.05, 0.1) is 5.75 Å². The predicted molar refractivity (Wildman–Crippen MR) is 55.7 cm³/mol. The second-order valence-corrected chi connectivity index (χ2v) is 5.73. The SMILES string of the molecule is CC(C)CCS(=O)(=O)c1ccccn1. The van der Waals surface area contributed by atoms with E-state index >= 15 is 0 Å². The summed E-state index contributed by atoms with van der Waals surface area (Å²) in [6.07, 6.45) is 2.18. The van der Waals surface area contributed by atoms with Crippen molar-refractivity contribution < 1.29 is 8.42 Å². The van der Waals surface area contributed by atoms with Crippen LogP contribution in [0.5, 0.6) is 0 Å². The van der Waals surface area contributed by atoms with E-state index in [-0.39, 0.29) is 10.8 Å². The van der Waals surface area contributed by atoms with Gasteiger partial charge >= 0.3 is 0 Å². The average molecular weight is 213 g/mol. The molecule has 0 N–H and O–H groups in total. The largest absolute Gasteiger partial charge is 0.245 e.